The van der Waals surface area contributed by atoms with Crippen LogP contribution in [0.1, 0.15) is 19.2 Å². The molecule has 0 fully saturated rings. The van der Waals surface area contributed by atoms with Crippen molar-refractivity contribution in [1.82, 2.24) is 0 Å². The molecule has 0 aliphatic rings. The van der Waals surface area contributed by atoms with E-state index in [0.717, 1.165) is 5.39 Å². The van der Waals surface area contributed by atoms with E-state index in [0.29, 0.717) is 60.4 Å². The molecule has 0 aliphatic heterocycles. The summed E-state index contributed by atoms with van der Waals surface area (Å²) in [7, 11) is 0. The van der Waals surface area contributed by atoms with Crippen molar-refractivity contribution in [1.29, 1.82) is 0 Å². The summed E-state index contributed by atoms with van der Waals surface area (Å²) < 4.78 is 128. The van der Waals surface area contributed by atoms with Gasteiger partial charge in [0.2, 0.25) is 0 Å². The Morgan fingerprint density at radius 2 is 0.844 bits per heavy atom. The average molecular weight is 587 g/mol. The number of hydrogen-bond acceptors (Lipinski definition) is 1. The van der Waals surface area contributed by atoms with E-state index in [4.69, 9.17) is 20.9 Å². The lowest BCUT2D eigenvalue weighted by molar-refractivity contribution is 0.669. The molecule has 8 aromatic carbocycles. The smallest absolute Gasteiger partial charge is 0.136 e. The van der Waals surface area contributed by atoms with Crippen LogP contribution in [-0.4, -0.2) is 0 Å². The van der Waals surface area contributed by atoms with Gasteiger partial charge >= 0.3 is 0 Å². The van der Waals surface area contributed by atoms with Crippen molar-refractivity contribution in [2.75, 3.05) is 0 Å². The van der Waals surface area contributed by atoms with Crippen LogP contribution < -0.4 is 0 Å². The zero-order valence-electron chi connectivity index (χ0n) is 37.5. The first kappa shape index (κ1) is 15.2. The fourth-order valence-corrected chi connectivity index (χ4v) is 6.22. The quantitative estimate of drug-likeness (QED) is 0.187. The number of para-hydroxylation sites is 1. The van der Waals surface area contributed by atoms with E-state index in [1.165, 1.54) is 0 Å². The summed E-state index contributed by atoms with van der Waals surface area (Å²) in [6.45, 7) is 0. The largest absolute Gasteiger partial charge is 0.456 e. The van der Waals surface area contributed by atoms with Gasteiger partial charge in [0.1, 0.15) is 11.2 Å². The summed E-state index contributed by atoms with van der Waals surface area (Å²) in [6.07, 6.45) is 0. The average Bonchev–Trinajstić information content (AvgIpc) is 3.62. The SMILES string of the molecule is [2H]c1c([2H])c([2H])c(-c2cc(-c3c4ccccc4c(-c4c([2H])c([2H])c(-c5c([2H])c([2H])c([2H])c([2H])c5[2H])c([2H])c4[2H])c4ccccc34)c3c(c2)oc2ccccc23)c([2H])c1[2H]. The van der Waals surface area contributed by atoms with Crippen molar-refractivity contribution in [2.24, 2.45) is 0 Å². The highest BCUT2D eigenvalue weighted by Gasteiger charge is 2.21. The molecule has 0 bridgehead atoms. The summed E-state index contributed by atoms with van der Waals surface area (Å²) in [6, 6.07) is 17.9. The lowest BCUT2D eigenvalue weighted by Crippen LogP contribution is -1.92. The van der Waals surface area contributed by atoms with Crippen LogP contribution >= 0.6 is 0 Å². The van der Waals surface area contributed by atoms with Gasteiger partial charge in [-0.05, 0) is 84.3 Å². The van der Waals surface area contributed by atoms with Crippen LogP contribution in [0.4, 0.5) is 0 Å². The highest BCUT2D eigenvalue weighted by Crippen LogP contribution is 2.48. The minimum Gasteiger partial charge on any atom is -0.456 e. The molecule has 0 saturated heterocycles. The predicted molar refractivity (Wildman–Crippen MR) is 190 cm³/mol. The topological polar surface area (TPSA) is 13.1 Å². The van der Waals surface area contributed by atoms with Crippen LogP contribution in [0.2, 0.25) is 0 Å². The summed E-state index contributed by atoms with van der Waals surface area (Å²) in [4.78, 5) is 0. The third-order valence-electron chi connectivity index (χ3n) is 8.09. The van der Waals surface area contributed by atoms with Gasteiger partial charge in [-0.1, -0.05) is 151 Å². The third-order valence-corrected chi connectivity index (χ3v) is 8.09. The molecular weight excluding hydrogens is 544 g/mol. The van der Waals surface area contributed by atoms with Crippen molar-refractivity contribution < 1.29 is 23.6 Å². The highest BCUT2D eigenvalue weighted by molar-refractivity contribution is 6.26. The Morgan fingerprint density at radius 1 is 0.378 bits per heavy atom. The number of rotatable bonds is 4. The zero-order chi connectivity index (χ0) is 41.9. The van der Waals surface area contributed by atoms with Gasteiger partial charge in [0.15, 0.2) is 0 Å². The van der Waals surface area contributed by atoms with E-state index in [9.17, 15) is 2.74 Å². The van der Waals surface area contributed by atoms with Crippen LogP contribution in [0.3, 0.4) is 0 Å². The molecule has 0 amide bonds. The van der Waals surface area contributed by atoms with E-state index in [1.54, 1.807) is 36.4 Å². The van der Waals surface area contributed by atoms with Crippen LogP contribution in [0.15, 0.2) is 174 Å². The Hall–Kier alpha value is -5.92. The van der Waals surface area contributed by atoms with Crippen molar-refractivity contribution in [2.45, 2.75) is 0 Å². The van der Waals surface area contributed by atoms with E-state index in [2.05, 4.69) is 0 Å². The lowest BCUT2D eigenvalue weighted by Gasteiger charge is -2.19. The van der Waals surface area contributed by atoms with Crippen LogP contribution in [-0.2, 0) is 0 Å². The molecule has 210 valence electrons. The van der Waals surface area contributed by atoms with Gasteiger partial charge in [-0.15, -0.1) is 0 Å². The van der Waals surface area contributed by atoms with E-state index in [1.807, 2.05) is 48.5 Å². The summed E-state index contributed by atoms with van der Waals surface area (Å²) in [5.74, 6) is 0. The number of hydrogen-bond donors (Lipinski definition) is 0. The fourth-order valence-electron chi connectivity index (χ4n) is 6.22. The van der Waals surface area contributed by atoms with Gasteiger partial charge in [-0.3, -0.25) is 0 Å². The second-order valence-corrected chi connectivity index (χ2v) is 10.6. The van der Waals surface area contributed by atoms with Crippen LogP contribution in [0.25, 0.3) is 88.0 Å². The summed E-state index contributed by atoms with van der Waals surface area (Å²) >= 11 is 0. The molecule has 1 heteroatoms. The third kappa shape index (κ3) is 4.17. The predicted octanol–water partition coefficient (Wildman–Crippen LogP) is 12.6. The van der Waals surface area contributed by atoms with Gasteiger partial charge in [0, 0.05) is 10.8 Å². The van der Waals surface area contributed by atoms with Gasteiger partial charge in [-0.25, -0.2) is 0 Å². The van der Waals surface area contributed by atoms with Crippen LogP contribution in [0, 0.1) is 0 Å². The maximum Gasteiger partial charge on any atom is 0.136 e. The molecule has 0 spiro atoms. The van der Waals surface area contributed by atoms with Crippen molar-refractivity contribution in [3.05, 3.63) is 170 Å². The number of furan rings is 1. The standard InChI is InChI=1S/C44H28O/c1-3-13-29(14-4-1)31-23-25-32(26-24-31)42-34-17-7-9-19-36(34)43(37-20-10-8-18-35(37)42)39-27-33(30-15-5-2-6-16-30)28-41-44(39)38-21-11-12-22-40(38)45-41/h1-28H/i1D,2D,3D,4D,5D,6D,13D,14D,15D,16D,23D,24D,25D,26D. The molecular formula is C44H28O. The Balaban J connectivity index is 1.42. The zero-order valence-corrected chi connectivity index (χ0v) is 23.5. The normalized spacial score (nSPS) is 15.9. The minimum atomic E-state index is -0.662. The maximum absolute atomic E-state index is 9.37. The molecule has 1 heterocycles. The van der Waals surface area contributed by atoms with Crippen molar-refractivity contribution >= 4 is 43.5 Å². The second-order valence-electron chi connectivity index (χ2n) is 10.6. The van der Waals surface area contributed by atoms with Gasteiger partial charge in [0.05, 0.1) is 19.2 Å². The lowest BCUT2D eigenvalue weighted by atomic mass is 9.84. The molecule has 0 radical (unpaired) electrons. The Labute approximate surface area is 281 Å². The van der Waals surface area contributed by atoms with Crippen molar-refractivity contribution in [3.8, 4) is 44.5 Å². The minimum absolute atomic E-state index is 0.00677. The molecule has 1 nitrogen and oxygen atoms in total. The maximum atomic E-state index is 9.37. The Morgan fingerprint density at radius 3 is 1.44 bits per heavy atom. The molecule has 9 rings (SSSR count). The molecule has 1 aromatic heterocycles. The second kappa shape index (κ2) is 10.4. The first-order valence-electron chi connectivity index (χ1n) is 21.3. The van der Waals surface area contributed by atoms with E-state index in [-0.39, 0.29) is 23.2 Å². The van der Waals surface area contributed by atoms with E-state index >= 15 is 0 Å². The molecule has 0 saturated carbocycles. The molecule has 45 heavy (non-hydrogen) atoms. The van der Waals surface area contributed by atoms with Crippen molar-refractivity contribution in [3.63, 3.8) is 0 Å². The molecule has 9 aromatic rings. The first-order chi connectivity index (χ1) is 28.1. The molecule has 0 atom stereocenters. The fraction of sp³-hybridized carbons (Fsp3) is 0. The van der Waals surface area contributed by atoms with Gasteiger partial charge < -0.3 is 4.42 Å². The number of benzene rings is 8. The van der Waals surface area contributed by atoms with Gasteiger partial charge in [0.25, 0.3) is 0 Å². The summed E-state index contributed by atoms with van der Waals surface area (Å²) in [5, 5.41) is 3.84. The van der Waals surface area contributed by atoms with Crippen LogP contribution in [0.5, 0.6) is 0 Å². The molecule has 0 aliphatic carbocycles. The number of fused-ring (bicyclic) bond motifs is 5. The molecule has 0 unspecified atom stereocenters. The Kier molecular flexibility index (Phi) is 3.50. The molecule has 0 N–H and O–H groups in total. The first-order valence-corrected chi connectivity index (χ1v) is 14.3. The van der Waals surface area contributed by atoms with Gasteiger partial charge in [-0.2, -0.15) is 0 Å². The highest BCUT2D eigenvalue weighted by atomic mass is 16.3. The van der Waals surface area contributed by atoms with E-state index < -0.39 is 83.6 Å². The monoisotopic (exact) mass is 586 g/mol. The summed E-state index contributed by atoms with van der Waals surface area (Å²) in [5.41, 5.74) is 2.06. The Bertz CT molecular complexity index is 3190.